The molecule has 1 saturated carbocycles. The zero-order valence-electron chi connectivity index (χ0n) is 13.9. The second kappa shape index (κ2) is 5.73. The lowest BCUT2D eigenvalue weighted by molar-refractivity contribution is -0.00325. The molecule has 1 saturated heterocycles. The first kappa shape index (κ1) is 15.1. The van der Waals surface area contributed by atoms with Crippen molar-refractivity contribution >= 4 is 0 Å². The van der Waals surface area contributed by atoms with Crippen molar-refractivity contribution in [3.8, 4) is 0 Å². The molecule has 1 aliphatic carbocycles. The van der Waals surface area contributed by atoms with Gasteiger partial charge in [-0.2, -0.15) is 0 Å². The predicted molar refractivity (Wildman–Crippen MR) is 87.6 cm³/mol. The van der Waals surface area contributed by atoms with E-state index in [9.17, 15) is 0 Å². The summed E-state index contributed by atoms with van der Waals surface area (Å²) in [7, 11) is 1.88. The largest absolute Gasteiger partial charge is 0.375 e. The molecule has 2 atom stereocenters. The van der Waals surface area contributed by atoms with E-state index >= 15 is 0 Å². The minimum Gasteiger partial charge on any atom is -0.375 e. The van der Waals surface area contributed by atoms with Gasteiger partial charge in [0.2, 0.25) is 0 Å². The van der Waals surface area contributed by atoms with Crippen molar-refractivity contribution in [2.45, 2.75) is 70.1 Å². The minimum atomic E-state index is 0.212. The van der Waals surface area contributed by atoms with Crippen LogP contribution in [-0.4, -0.2) is 30.1 Å². The number of likely N-dealkylation sites (tertiary alicyclic amines) is 1. The Morgan fingerprint density at radius 3 is 2.48 bits per heavy atom. The maximum atomic E-state index is 6.02. The zero-order chi connectivity index (χ0) is 15.0. The molecule has 1 aliphatic heterocycles. The number of hydrogen-bond acceptors (Lipinski definition) is 2. The summed E-state index contributed by atoms with van der Waals surface area (Å²) >= 11 is 0. The molecule has 0 aromatic heterocycles. The van der Waals surface area contributed by atoms with Crippen LogP contribution in [0.3, 0.4) is 0 Å². The van der Waals surface area contributed by atoms with Crippen LogP contribution in [0.5, 0.6) is 0 Å². The van der Waals surface area contributed by atoms with Gasteiger partial charge in [0.25, 0.3) is 0 Å². The predicted octanol–water partition coefficient (Wildman–Crippen LogP) is 4.51. The van der Waals surface area contributed by atoms with Gasteiger partial charge in [-0.05, 0) is 70.0 Å². The van der Waals surface area contributed by atoms with Gasteiger partial charge in [0.05, 0.1) is 6.10 Å². The summed E-state index contributed by atoms with van der Waals surface area (Å²) in [6.07, 6.45) is 5.44. The van der Waals surface area contributed by atoms with Crippen LogP contribution in [0.15, 0.2) is 24.3 Å². The van der Waals surface area contributed by atoms with Crippen LogP contribution in [0.4, 0.5) is 0 Å². The molecule has 2 aliphatic rings. The topological polar surface area (TPSA) is 12.5 Å². The number of benzene rings is 1. The van der Waals surface area contributed by atoms with Gasteiger partial charge in [0, 0.05) is 18.7 Å². The second-order valence-electron chi connectivity index (χ2n) is 7.63. The fourth-order valence-corrected chi connectivity index (χ4v) is 3.97. The smallest absolute Gasteiger partial charge is 0.0979 e. The molecule has 0 spiro atoms. The van der Waals surface area contributed by atoms with E-state index in [1.54, 1.807) is 0 Å². The summed E-state index contributed by atoms with van der Waals surface area (Å²) in [6.45, 7) is 8.17. The Balaban J connectivity index is 1.91. The lowest BCUT2D eigenvalue weighted by Crippen LogP contribution is -2.47. The standard InChI is InChI=1S/C19H29NO/c1-19(2,3)20-13-7-10-17(20)18(21-4)16-9-6-5-8-15(16)14-11-12-14/h5-6,8-9,14,17-18H,7,10-13H2,1-4H3. The number of nitrogens with zero attached hydrogens (tertiary/aromatic N) is 1. The Morgan fingerprint density at radius 1 is 1.14 bits per heavy atom. The van der Waals surface area contributed by atoms with Gasteiger partial charge < -0.3 is 4.74 Å². The molecule has 21 heavy (non-hydrogen) atoms. The first-order valence-corrected chi connectivity index (χ1v) is 8.40. The van der Waals surface area contributed by atoms with Crippen molar-refractivity contribution in [1.82, 2.24) is 4.90 Å². The molecular weight excluding hydrogens is 258 g/mol. The normalized spacial score (nSPS) is 25.2. The fraction of sp³-hybridized carbons (Fsp3) is 0.684. The van der Waals surface area contributed by atoms with Crippen molar-refractivity contribution in [1.29, 1.82) is 0 Å². The van der Waals surface area contributed by atoms with Gasteiger partial charge in [-0.3, -0.25) is 4.90 Å². The number of ether oxygens (including phenoxy) is 1. The molecule has 0 radical (unpaired) electrons. The Bertz CT molecular complexity index is 487. The Kier molecular flexibility index (Phi) is 4.11. The highest BCUT2D eigenvalue weighted by atomic mass is 16.5. The van der Waals surface area contributed by atoms with Gasteiger partial charge in [0.15, 0.2) is 0 Å². The maximum Gasteiger partial charge on any atom is 0.0979 e. The minimum absolute atomic E-state index is 0.212. The SMILES string of the molecule is COC(c1ccccc1C1CC1)C1CCCN1C(C)(C)C. The van der Waals surface area contributed by atoms with E-state index < -0.39 is 0 Å². The molecular formula is C19H29NO. The van der Waals surface area contributed by atoms with Crippen LogP contribution in [-0.2, 0) is 4.74 Å². The summed E-state index contributed by atoms with van der Waals surface area (Å²) in [5.74, 6) is 0.781. The molecule has 2 fully saturated rings. The van der Waals surface area contributed by atoms with E-state index in [1.807, 2.05) is 7.11 Å². The summed E-state index contributed by atoms with van der Waals surface area (Å²) in [6, 6.07) is 9.47. The number of hydrogen-bond donors (Lipinski definition) is 0. The molecule has 0 N–H and O–H groups in total. The van der Waals surface area contributed by atoms with Gasteiger partial charge in [0.1, 0.15) is 0 Å². The van der Waals surface area contributed by atoms with E-state index in [2.05, 4.69) is 49.9 Å². The molecule has 116 valence electrons. The van der Waals surface area contributed by atoms with Gasteiger partial charge in [-0.1, -0.05) is 24.3 Å². The third-order valence-electron chi connectivity index (χ3n) is 5.08. The zero-order valence-corrected chi connectivity index (χ0v) is 13.9. The molecule has 0 amide bonds. The van der Waals surface area contributed by atoms with E-state index in [1.165, 1.54) is 43.4 Å². The molecule has 2 unspecified atom stereocenters. The highest BCUT2D eigenvalue weighted by molar-refractivity contribution is 5.36. The molecule has 2 heteroatoms. The Morgan fingerprint density at radius 2 is 1.86 bits per heavy atom. The van der Waals surface area contributed by atoms with Crippen LogP contribution in [0.1, 0.15) is 69.6 Å². The molecule has 0 bridgehead atoms. The summed E-state index contributed by atoms with van der Waals surface area (Å²) in [4.78, 5) is 2.64. The first-order chi connectivity index (χ1) is 10.0. The second-order valence-corrected chi connectivity index (χ2v) is 7.63. The molecule has 1 aromatic rings. The van der Waals surface area contributed by atoms with Crippen LogP contribution >= 0.6 is 0 Å². The average Bonchev–Trinajstić information content (AvgIpc) is 3.17. The van der Waals surface area contributed by atoms with Crippen molar-refractivity contribution in [3.05, 3.63) is 35.4 Å². The Hall–Kier alpha value is -0.860. The van der Waals surface area contributed by atoms with Crippen molar-refractivity contribution in [3.63, 3.8) is 0 Å². The molecule has 1 heterocycles. The van der Waals surface area contributed by atoms with Crippen molar-refractivity contribution < 1.29 is 4.74 Å². The van der Waals surface area contributed by atoms with E-state index in [4.69, 9.17) is 4.74 Å². The van der Waals surface area contributed by atoms with Gasteiger partial charge in [-0.25, -0.2) is 0 Å². The van der Waals surface area contributed by atoms with Crippen LogP contribution in [0, 0.1) is 0 Å². The lowest BCUT2D eigenvalue weighted by Gasteiger charge is -2.40. The van der Waals surface area contributed by atoms with Crippen LogP contribution in [0.2, 0.25) is 0 Å². The van der Waals surface area contributed by atoms with E-state index in [-0.39, 0.29) is 11.6 Å². The summed E-state index contributed by atoms with van der Waals surface area (Å²) in [5.41, 5.74) is 3.18. The average molecular weight is 287 g/mol. The molecule has 1 aromatic carbocycles. The van der Waals surface area contributed by atoms with Crippen molar-refractivity contribution in [2.24, 2.45) is 0 Å². The van der Waals surface area contributed by atoms with Crippen LogP contribution < -0.4 is 0 Å². The summed E-state index contributed by atoms with van der Waals surface area (Å²) in [5, 5.41) is 0. The van der Waals surface area contributed by atoms with Gasteiger partial charge in [-0.15, -0.1) is 0 Å². The quantitative estimate of drug-likeness (QED) is 0.807. The Labute approximate surface area is 129 Å². The third kappa shape index (κ3) is 3.02. The maximum absolute atomic E-state index is 6.02. The lowest BCUT2D eigenvalue weighted by atomic mass is 9.91. The highest BCUT2D eigenvalue weighted by Gasteiger charge is 2.40. The molecule has 2 nitrogen and oxygen atoms in total. The third-order valence-corrected chi connectivity index (χ3v) is 5.08. The fourth-order valence-electron chi connectivity index (χ4n) is 3.97. The monoisotopic (exact) mass is 287 g/mol. The number of rotatable bonds is 4. The van der Waals surface area contributed by atoms with E-state index in [0.29, 0.717) is 6.04 Å². The highest BCUT2D eigenvalue weighted by Crippen LogP contribution is 2.45. The number of methoxy groups -OCH3 is 1. The van der Waals surface area contributed by atoms with Crippen LogP contribution in [0.25, 0.3) is 0 Å². The van der Waals surface area contributed by atoms with Gasteiger partial charge >= 0.3 is 0 Å². The van der Waals surface area contributed by atoms with Crippen molar-refractivity contribution in [2.75, 3.05) is 13.7 Å². The molecule has 3 rings (SSSR count). The first-order valence-electron chi connectivity index (χ1n) is 8.40. The van der Waals surface area contributed by atoms with E-state index in [0.717, 1.165) is 5.92 Å². The summed E-state index contributed by atoms with van der Waals surface area (Å²) < 4.78 is 6.02.